The summed E-state index contributed by atoms with van der Waals surface area (Å²) in [5.74, 6) is -0.143. The van der Waals surface area contributed by atoms with Gasteiger partial charge in [-0.05, 0) is 24.6 Å². The normalized spacial score (nSPS) is 11.3. The zero-order chi connectivity index (χ0) is 15.6. The minimum atomic E-state index is -4.58. The second-order valence-corrected chi connectivity index (χ2v) is 4.51. The number of para-hydroxylation sites is 1. The molecule has 0 aromatic heterocycles. The monoisotopic (exact) mass is 294 g/mol. The molecule has 110 valence electrons. The van der Waals surface area contributed by atoms with Crippen LogP contribution >= 0.6 is 0 Å². The average Bonchev–Trinajstić information content (AvgIpc) is 2.45. The molecule has 0 spiro atoms. The van der Waals surface area contributed by atoms with Gasteiger partial charge in [0.05, 0.1) is 12.7 Å². The Labute approximate surface area is 120 Å². The van der Waals surface area contributed by atoms with Gasteiger partial charge < -0.3 is 4.74 Å². The second-order valence-electron chi connectivity index (χ2n) is 4.51. The van der Waals surface area contributed by atoms with E-state index in [0.717, 1.165) is 13.0 Å². The van der Waals surface area contributed by atoms with Gasteiger partial charge in [-0.1, -0.05) is 30.3 Å². The van der Waals surface area contributed by atoms with Gasteiger partial charge in [0.25, 0.3) is 0 Å². The molecular weight excluding hydrogens is 281 g/mol. The number of hydrogen-bond acceptors (Lipinski definition) is 2. The topological polar surface area (TPSA) is 26.3 Å². The van der Waals surface area contributed by atoms with Gasteiger partial charge in [-0.15, -0.1) is 0 Å². The number of Topliss-reactive ketones (excluding diaryl/α,β-unsaturated/α-hetero) is 1. The molecule has 2 rings (SSSR count). The van der Waals surface area contributed by atoms with E-state index in [0.29, 0.717) is 16.9 Å². The van der Waals surface area contributed by atoms with Crippen LogP contribution in [0.15, 0.2) is 42.5 Å². The van der Waals surface area contributed by atoms with Crippen LogP contribution in [0.3, 0.4) is 0 Å². The Morgan fingerprint density at radius 1 is 1.10 bits per heavy atom. The SMILES string of the molecule is COc1ccccc1-c1ccc(C(C)=O)c(C(F)(F)F)c1. The number of methoxy groups -OCH3 is 1. The molecule has 0 saturated carbocycles. The number of rotatable bonds is 3. The van der Waals surface area contributed by atoms with Gasteiger partial charge in [-0.2, -0.15) is 13.2 Å². The van der Waals surface area contributed by atoms with Crippen LogP contribution in [0, 0.1) is 0 Å². The van der Waals surface area contributed by atoms with E-state index < -0.39 is 17.5 Å². The minimum absolute atomic E-state index is 0.332. The van der Waals surface area contributed by atoms with Crippen molar-refractivity contribution >= 4 is 5.78 Å². The molecule has 0 fully saturated rings. The first kappa shape index (κ1) is 15.1. The molecule has 0 heterocycles. The molecular formula is C16H13F3O2. The molecule has 0 radical (unpaired) electrons. The lowest BCUT2D eigenvalue weighted by atomic mass is 9.96. The van der Waals surface area contributed by atoms with Crippen molar-refractivity contribution in [3.05, 3.63) is 53.6 Å². The van der Waals surface area contributed by atoms with E-state index in [9.17, 15) is 18.0 Å². The first-order valence-electron chi connectivity index (χ1n) is 6.20. The highest BCUT2D eigenvalue weighted by Gasteiger charge is 2.34. The van der Waals surface area contributed by atoms with Crippen molar-refractivity contribution in [2.24, 2.45) is 0 Å². The quantitative estimate of drug-likeness (QED) is 0.774. The number of alkyl halides is 3. The van der Waals surface area contributed by atoms with Crippen molar-refractivity contribution in [2.45, 2.75) is 13.1 Å². The van der Waals surface area contributed by atoms with Crippen LogP contribution in [-0.4, -0.2) is 12.9 Å². The molecule has 0 aliphatic carbocycles. The molecule has 2 nitrogen and oxygen atoms in total. The summed E-state index contributed by atoms with van der Waals surface area (Å²) in [5, 5.41) is 0. The second kappa shape index (κ2) is 5.60. The highest BCUT2D eigenvalue weighted by molar-refractivity contribution is 5.96. The van der Waals surface area contributed by atoms with Crippen molar-refractivity contribution in [3.63, 3.8) is 0 Å². The van der Waals surface area contributed by atoms with E-state index in [-0.39, 0.29) is 5.56 Å². The molecule has 0 N–H and O–H groups in total. The largest absolute Gasteiger partial charge is 0.496 e. The predicted molar refractivity (Wildman–Crippen MR) is 73.4 cm³/mol. The van der Waals surface area contributed by atoms with E-state index in [4.69, 9.17) is 4.74 Å². The predicted octanol–water partition coefficient (Wildman–Crippen LogP) is 4.58. The highest BCUT2D eigenvalue weighted by Crippen LogP contribution is 2.37. The van der Waals surface area contributed by atoms with Crippen LogP contribution in [0.5, 0.6) is 5.75 Å². The Balaban J connectivity index is 2.65. The molecule has 0 saturated heterocycles. The number of halogens is 3. The molecule has 0 amide bonds. The van der Waals surface area contributed by atoms with Crippen molar-refractivity contribution in [1.29, 1.82) is 0 Å². The van der Waals surface area contributed by atoms with Gasteiger partial charge in [0, 0.05) is 11.1 Å². The fraction of sp³-hybridized carbons (Fsp3) is 0.188. The Morgan fingerprint density at radius 3 is 2.33 bits per heavy atom. The lowest BCUT2D eigenvalue weighted by molar-refractivity contribution is -0.137. The van der Waals surface area contributed by atoms with Crippen LogP contribution in [0.25, 0.3) is 11.1 Å². The fourth-order valence-corrected chi connectivity index (χ4v) is 2.14. The maximum atomic E-state index is 13.1. The fourth-order valence-electron chi connectivity index (χ4n) is 2.14. The summed E-state index contributed by atoms with van der Waals surface area (Å²) in [6.45, 7) is 1.12. The molecule has 2 aromatic rings. The first-order chi connectivity index (χ1) is 9.84. The smallest absolute Gasteiger partial charge is 0.417 e. The van der Waals surface area contributed by atoms with E-state index in [1.54, 1.807) is 24.3 Å². The van der Waals surface area contributed by atoms with Crippen molar-refractivity contribution in [3.8, 4) is 16.9 Å². The Hall–Kier alpha value is -2.30. The summed E-state index contributed by atoms with van der Waals surface area (Å²) in [4.78, 5) is 11.4. The van der Waals surface area contributed by atoms with Crippen LogP contribution < -0.4 is 4.74 Å². The van der Waals surface area contributed by atoms with Crippen LogP contribution in [-0.2, 0) is 6.18 Å². The number of ketones is 1. The number of carbonyl (C=O) groups is 1. The van der Waals surface area contributed by atoms with Gasteiger partial charge in [-0.3, -0.25) is 4.79 Å². The highest BCUT2D eigenvalue weighted by atomic mass is 19.4. The zero-order valence-electron chi connectivity index (χ0n) is 11.5. The van der Waals surface area contributed by atoms with Gasteiger partial charge in [0.15, 0.2) is 5.78 Å². The minimum Gasteiger partial charge on any atom is -0.496 e. The van der Waals surface area contributed by atoms with E-state index >= 15 is 0 Å². The van der Waals surface area contributed by atoms with Crippen molar-refractivity contribution in [1.82, 2.24) is 0 Å². The number of hydrogen-bond donors (Lipinski definition) is 0. The zero-order valence-corrected chi connectivity index (χ0v) is 11.5. The lowest BCUT2D eigenvalue weighted by Crippen LogP contribution is -2.11. The van der Waals surface area contributed by atoms with Gasteiger partial charge >= 0.3 is 6.18 Å². The molecule has 0 aliphatic heterocycles. The molecule has 0 atom stereocenters. The van der Waals surface area contributed by atoms with Gasteiger partial charge in [0.2, 0.25) is 0 Å². The maximum Gasteiger partial charge on any atom is 0.417 e. The van der Waals surface area contributed by atoms with E-state index in [1.807, 2.05) is 0 Å². The van der Waals surface area contributed by atoms with Gasteiger partial charge in [0.1, 0.15) is 5.75 Å². The maximum absolute atomic E-state index is 13.1. The molecule has 0 bridgehead atoms. The summed E-state index contributed by atoms with van der Waals surface area (Å²) in [7, 11) is 1.45. The first-order valence-corrected chi connectivity index (χ1v) is 6.20. The summed E-state index contributed by atoms with van der Waals surface area (Å²) in [6, 6.07) is 10.5. The number of carbonyl (C=O) groups excluding carboxylic acids is 1. The van der Waals surface area contributed by atoms with Crippen LogP contribution in [0.2, 0.25) is 0 Å². The summed E-state index contributed by atoms with van der Waals surface area (Å²) in [5.41, 5.74) is -0.370. The third-order valence-corrected chi connectivity index (χ3v) is 3.12. The van der Waals surface area contributed by atoms with Gasteiger partial charge in [-0.25, -0.2) is 0 Å². The van der Waals surface area contributed by atoms with Crippen molar-refractivity contribution < 1.29 is 22.7 Å². The van der Waals surface area contributed by atoms with E-state index in [1.165, 1.54) is 19.2 Å². The molecule has 2 aromatic carbocycles. The number of benzene rings is 2. The third kappa shape index (κ3) is 3.07. The molecule has 0 aliphatic rings. The third-order valence-electron chi connectivity index (χ3n) is 3.12. The standard InChI is InChI=1S/C16H13F3O2/c1-10(20)12-8-7-11(9-14(12)16(17,18)19)13-5-3-4-6-15(13)21-2/h3-9H,1-2H3. The summed E-state index contributed by atoms with van der Waals surface area (Å²) in [6.07, 6.45) is -4.58. The summed E-state index contributed by atoms with van der Waals surface area (Å²) >= 11 is 0. The molecule has 0 unspecified atom stereocenters. The number of ether oxygens (including phenoxy) is 1. The Bertz CT molecular complexity index is 675. The van der Waals surface area contributed by atoms with Crippen molar-refractivity contribution in [2.75, 3.05) is 7.11 Å². The van der Waals surface area contributed by atoms with E-state index in [2.05, 4.69) is 0 Å². The lowest BCUT2D eigenvalue weighted by Gasteiger charge is -2.14. The molecule has 21 heavy (non-hydrogen) atoms. The Kier molecular flexibility index (Phi) is 4.02. The van der Waals surface area contributed by atoms with Crippen LogP contribution in [0.4, 0.5) is 13.2 Å². The average molecular weight is 294 g/mol. The molecule has 5 heteroatoms. The van der Waals surface area contributed by atoms with Crippen LogP contribution in [0.1, 0.15) is 22.8 Å². The Morgan fingerprint density at radius 2 is 1.76 bits per heavy atom. The summed E-state index contributed by atoms with van der Waals surface area (Å²) < 4.78 is 44.5.